The maximum absolute atomic E-state index is 12.5. The van der Waals surface area contributed by atoms with E-state index in [-0.39, 0.29) is 30.8 Å². The normalized spacial score (nSPS) is 26.4. The fourth-order valence-corrected chi connectivity index (χ4v) is 3.72. The highest BCUT2D eigenvalue weighted by Crippen LogP contribution is 2.21. The Morgan fingerprint density at radius 2 is 2.33 bits per heavy atom. The summed E-state index contributed by atoms with van der Waals surface area (Å²) < 4.78 is 33.0. The Bertz CT molecular complexity index is 513. The summed E-state index contributed by atoms with van der Waals surface area (Å²) in [5.74, 6) is 0. The van der Waals surface area contributed by atoms with Crippen molar-refractivity contribution < 1.29 is 18.3 Å². The highest BCUT2D eigenvalue weighted by Gasteiger charge is 2.36. The van der Waals surface area contributed by atoms with E-state index in [1.54, 1.807) is 14.0 Å². The lowest BCUT2D eigenvalue weighted by atomic mass is 10.2. The van der Waals surface area contributed by atoms with Gasteiger partial charge in [0.2, 0.25) is 0 Å². The summed E-state index contributed by atoms with van der Waals surface area (Å²) in [5.41, 5.74) is 0. The molecule has 8 heteroatoms. The van der Waals surface area contributed by atoms with Gasteiger partial charge < -0.3 is 9.84 Å². The maximum Gasteiger partial charge on any atom is 0.260 e. The first-order chi connectivity index (χ1) is 8.46. The van der Waals surface area contributed by atoms with Crippen molar-refractivity contribution in [3.05, 3.63) is 12.3 Å². The second kappa shape index (κ2) is 4.96. The van der Waals surface area contributed by atoms with Gasteiger partial charge in [0.1, 0.15) is 0 Å². The number of nitrogens with zero attached hydrogens (tertiary/aromatic N) is 3. The van der Waals surface area contributed by atoms with Crippen molar-refractivity contribution in [1.82, 2.24) is 14.1 Å². The van der Waals surface area contributed by atoms with E-state index in [1.165, 1.54) is 21.3 Å². The smallest absolute Gasteiger partial charge is 0.260 e. The standard InChI is InChI=1S/C10H17N3O4S/c1-8-7-17-9(6-14)5-13(8)18(15,16)10-3-4-11-12(10)2/h3-4,8-9,14H,5-7H2,1-2H3. The van der Waals surface area contributed by atoms with Gasteiger partial charge in [0.05, 0.1) is 25.5 Å². The van der Waals surface area contributed by atoms with E-state index in [9.17, 15) is 8.42 Å². The van der Waals surface area contributed by atoms with Crippen molar-refractivity contribution in [2.45, 2.75) is 24.1 Å². The van der Waals surface area contributed by atoms with Crippen LogP contribution in [-0.2, 0) is 21.8 Å². The van der Waals surface area contributed by atoms with Crippen molar-refractivity contribution >= 4 is 10.0 Å². The van der Waals surface area contributed by atoms with E-state index in [4.69, 9.17) is 9.84 Å². The highest BCUT2D eigenvalue weighted by molar-refractivity contribution is 7.89. The Hall–Kier alpha value is -0.960. The lowest BCUT2D eigenvalue weighted by molar-refractivity contribution is -0.0517. The van der Waals surface area contributed by atoms with E-state index < -0.39 is 16.1 Å². The molecule has 2 unspecified atom stereocenters. The van der Waals surface area contributed by atoms with Gasteiger partial charge in [-0.2, -0.15) is 9.40 Å². The summed E-state index contributed by atoms with van der Waals surface area (Å²) in [4.78, 5) is 0. The third-order valence-electron chi connectivity index (χ3n) is 3.00. The molecule has 18 heavy (non-hydrogen) atoms. The number of morpholine rings is 1. The van der Waals surface area contributed by atoms with Gasteiger partial charge in [-0.05, 0) is 13.0 Å². The molecular weight excluding hydrogens is 258 g/mol. The van der Waals surface area contributed by atoms with Crippen LogP contribution in [0, 0.1) is 0 Å². The molecule has 1 N–H and O–H groups in total. The molecular formula is C10H17N3O4S. The average Bonchev–Trinajstić information content (AvgIpc) is 2.76. The Kier molecular flexibility index (Phi) is 3.71. The SMILES string of the molecule is CC1COC(CO)CN1S(=O)(=O)c1ccnn1C. The summed E-state index contributed by atoms with van der Waals surface area (Å²) in [7, 11) is -2.01. The second-order valence-corrected chi connectivity index (χ2v) is 6.19. The highest BCUT2D eigenvalue weighted by atomic mass is 32.2. The third-order valence-corrected chi connectivity index (χ3v) is 5.06. The topological polar surface area (TPSA) is 84.7 Å². The van der Waals surface area contributed by atoms with E-state index in [0.717, 1.165) is 0 Å². The summed E-state index contributed by atoms with van der Waals surface area (Å²) in [6.45, 7) is 2.03. The molecule has 0 aliphatic carbocycles. The molecule has 1 aliphatic heterocycles. The van der Waals surface area contributed by atoms with Crippen molar-refractivity contribution in [3.8, 4) is 0 Å². The van der Waals surface area contributed by atoms with Gasteiger partial charge >= 0.3 is 0 Å². The van der Waals surface area contributed by atoms with Gasteiger partial charge in [-0.3, -0.25) is 4.68 Å². The molecule has 0 radical (unpaired) electrons. The molecule has 102 valence electrons. The van der Waals surface area contributed by atoms with Crippen molar-refractivity contribution in [3.63, 3.8) is 0 Å². The molecule has 0 bridgehead atoms. The van der Waals surface area contributed by atoms with Crippen LogP contribution >= 0.6 is 0 Å². The summed E-state index contributed by atoms with van der Waals surface area (Å²) in [5, 5.41) is 13.1. The van der Waals surface area contributed by atoms with Crippen molar-refractivity contribution in [2.75, 3.05) is 19.8 Å². The van der Waals surface area contributed by atoms with Gasteiger partial charge in [0, 0.05) is 19.6 Å². The lowest BCUT2D eigenvalue weighted by Crippen LogP contribution is -2.52. The molecule has 7 nitrogen and oxygen atoms in total. The zero-order valence-electron chi connectivity index (χ0n) is 10.4. The molecule has 0 aromatic carbocycles. The molecule has 1 fully saturated rings. The van der Waals surface area contributed by atoms with Crippen LogP contribution in [0.5, 0.6) is 0 Å². The Balaban J connectivity index is 2.31. The predicted molar refractivity (Wildman–Crippen MR) is 63.4 cm³/mol. The first-order valence-corrected chi connectivity index (χ1v) is 7.13. The molecule has 0 amide bonds. The fourth-order valence-electron chi connectivity index (χ4n) is 1.97. The minimum absolute atomic E-state index is 0.146. The maximum atomic E-state index is 12.5. The molecule has 1 aromatic rings. The number of aryl methyl sites for hydroxylation is 1. The Morgan fingerprint density at radius 3 is 2.89 bits per heavy atom. The van der Waals surface area contributed by atoms with E-state index in [0.29, 0.717) is 0 Å². The number of aliphatic hydroxyl groups is 1. The number of aromatic nitrogens is 2. The van der Waals surface area contributed by atoms with Gasteiger partial charge in [-0.25, -0.2) is 8.42 Å². The number of rotatable bonds is 3. The third kappa shape index (κ3) is 2.28. The van der Waals surface area contributed by atoms with E-state index in [1.807, 2.05) is 0 Å². The van der Waals surface area contributed by atoms with Crippen molar-refractivity contribution in [1.29, 1.82) is 0 Å². The summed E-state index contributed by atoms with van der Waals surface area (Å²) in [6, 6.07) is 1.21. The van der Waals surface area contributed by atoms with Crippen molar-refractivity contribution in [2.24, 2.45) is 7.05 Å². The summed E-state index contributed by atoms with van der Waals surface area (Å²) in [6.07, 6.45) is 0.978. The molecule has 1 aromatic heterocycles. The Labute approximate surface area is 106 Å². The fraction of sp³-hybridized carbons (Fsp3) is 0.700. The van der Waals surface area contributed by atoms with Crippen LogP contribution in [0.15, 0.2) is 17.3 Å². The number of hydrogen-bond donors (Lipinski definition) is 1. The number of aliphatic hydroxyl groups excluding tert-OH is 1. The van der Waals surface area contributed by atoms with Gasteiger partial charge in [0.15, 0.2) is 5.03 Å². The van der Waals surface area contributed by atoms with Gasteiger partial charge in [0.25, 0.3) is 10.0 Å². The minimum atomic E-state index is -3.60. The molecule has 2 rings (SSSR count). The zero-order valence-corrected chi connectivity index (χ0v) is 11.2. The monoisotopic (exact) mass is 275 g/mol. The lowest BCUT2D eigenvalue weighted by Gasteiger charge is -2.36. The second-order valence-electron chi connectivity index (χ2n) is 4.35. The molecule has 0 spiro atoms. The number of ether oxygens (including phenoxy) is 1. The molecule has 2 atom stereocenters. The molecule has 1 saturated heterocycles. The number of sulfonamides is 1. The van der Waals surface area contributed by atoms with Crippen LogP contribution in [0.2, 0.25) is 0 Å². The molecule has 0 saturated carbocycles. The van der Waals surface area contributed by atoms with Gasteiger partial charge in [-0.1, -0.05) is 0 Å². The quantitative estimate of drug-likeness (QED) is 0.780. The van der Waals surface area contributed by atoms with Crippen LogP contribution < -0.4 is 0 Å². The van der Waals surface area contributed by atoms with E-state index >= 15 is 0 Å². The first kappa shape index (κ1) is 13.5. The van der Waals surface area contributed by atoms with Crippen LogP contribution in [0.4, 0.5) is 0 Å². The summed E-state index contributed by atoms with van der Waals surface area (Å²) >= 11 is 0. The van der Waals surface area contributed by atoms with E-state index in [2.05, 4.69) is 5.10 Å². The average molecular weight is 275 g/mol. The van der Waals surface area contributed by atoms with Crippen LogP contribution in [0.25, 0.3) is 0 Å². The Morgan fingerprint density at radius 1 is 1.61 bits per heavy atom. The largest absolute Gasteiger partial charge is 0.394 e. The van der Waals surface area contributed by atoms with Crippen LogP contribution in [-0.4, -0.2) is 59.5 Å². The molecule has 1 aliphatic rings. The van der Waals surface area contributed by atoms with Crippen LogP contribution in [0.3, 0.4) is 0 Å². The number of hydrogen-bond acceptors (Lipinski definition) is 5. The first-order valence-electron chi connectivity index (χ1n) is 5.69. The van der Waals surface area contributed by atoms with Gasteiger partial charge in [-0.15, -0.1) is 0 Å². The van der Waals surface area contributed by atoms with Crippen LogP contribution in [0.1, 0.15) is 6.92 Å². The predicted octanol–water partition coefficient (Wildman–Crippen LogP) is -0.810. The zero-order chi connectivity index (χ0) is 13.3. The minimum Gasteiger partial charge on any atom is -0.394 e. The molecule has 2 heterocycles.